The fourth-order valence-corrected chi connectivity index (χ4v) is 3.85. The van der Waals surface area contributed by atoms with Crippen LogP contribution in [-0.4, -0.2) is 58.9 Å². The highest BCUT2D eigenvalue weighted by Gasteiger charge is 2.31. The molecule has 1 unspecified atom stereocenters. The molecule has 30 heavy (non-hydrogen) atoms. The van der Waals surface area contributed by atoms with Crippen LogP contribution in [0.25, 0.3) is 0 Å². The van der Waals surface area contributed by atoms with Crippen molar-refractivity contribution in [3.63, 3.8) is 0 Å². The summed E-state index contributed by atoms with van der Waals surface area (Å²) in [7, 11) is 0. The first-order valence-corrected chi connectivity index (χ1v) is 10.6. The second kappa shape index (κ2) is 10.8. The lowest BCUT2D eigenvalue weighted by Crippen LogP contribution is -2.56. The largest absolute Gasteiger partial charge is 0.356 e. The number of amides is 2. The third-order valence-corrected chi connectivity index (χ3v) is 5.27. The van der Waals surface area contributed by atoms with Crippen molar-refractivity contribution >= 4 is 11.8 Å². The van der Waals surface area contributed by atoms with Crippen molar-refractivity contribution in [3.05, 3.63) is 59.2 Å². The molecular weight excluding hydrogens is 378 g/mol. The van der Waals surface area contributed by atoms with Crippen molar-refractivity contribution in [2.45, 2.75) is 45.6 Å². The zero-order valence-electron chi connectivity index (χ0n) is 17.9. The molecule has 0 bridgehead atoms. The number of piperazine rings is 1. The first-order chi connectivity index (χ1) is 14.5. The number of nitrogens with zero attached hydrogens (tertiary/aromatic N) is 3. The van der Waals surface area contributed by atoms with E-state index in [-0.39, 0.29) is 18.2 Å². The molecule has 2 N–H and O–H groups in total. The topological polar surface area (TPSA) is 87.2 Å². The molecule has 1 saturated heterocycles. The van der Waals surface area contributed by atoms with Crippen molar-refractivity contribution in [2.75, 3.05) is 26.2 Å². The van der Waals surface area contributed by atoms with Gasteiger partial charge < -0.3 is 10.6 Å². The van der Waals surface area contributed by atoms with Gasteiger partial charge in [0.05, 0.1) is 12.5 Å². The Bertz CT molecular complexity index is 836. The van der Waals surface area contributed by atoms with Gasteiger partial charge in [-0.1, -0.05) is 30.3 Å². The van der Waals surface area contributed by atoms with Gasteiger partial charge >= 0.3 is 0 Å². The molecule has 3 rings (SSSR count). The molecule has 7 nitrogen and oxygen atoms in total. The van der Waals surface area contributed by atoms with E-state index >= 15 is 0 Å². The van der Waals surface area contributed by atoms with Gasteiger partial charge in [-0.15, -0.1) is 0 Å². The van der Waals surface area contributed by atoms with Gasteiger partial charge in [0.25, 0.3) is 0 Å². The molecular formula is C23H31N5O2. The summed E-state index contributed by atoms with van der Waals surface area (Å²) in [4.78, 5) is 35.8. The predicted octanol–water partition coefficient (Wildman–Crippen LogP) is 1.58. The third-order valence-electron chi connectivity index (χ3n) is 5.27. The summed E-state index contributed by atoms with van der Waals surface area (Å²) in [5, 5.41) is 5.80. The molecule has 2 heterocycles. The molecule has 1 atom stereocenters. The Kier molecular flexibility index (Phi) is 7.90. The molecule has 0 saturated carbocycles. The summed E-state index contributed by atoms with van der Waals surface area (Å²) in [6.07, 6.45) is 2.67. The van der Waals surface area contributed by atoms with Crippen LogP contribution in [0.1, 0.15) is 35.6 Å². The maximum atomic E-state index is 12.5. The SMILES string of the molecule is Cc1cc(C)nc(CCNC(=O)CC2C(=O)NCCN2CCCc2ccccc2)n1. The summed E-state index contributed by atoms with van der Waals surface area (Å²) in [5.74, 6) is 0.550. The van der Waals surface area contributed by atoms with Gasteiger partial charge in [0.2, 0.25) is 11.8 Å². The number of hydrogen-bond donors (Lipinski definition) is 2. The molecule has 0 radical (unpaired) electrons. The van der Waals surface area contributed by atoms with E-state index in [4.69, 9.17) is 0 Å². The lowest BCUT2D eigenvalue weighted by atomic mass is 10.1. The predicted molar refractivity (Wildman–Crippen MR) is 116 cm³/mol. The maximum absolute atomic E-state index is 12.5. The number of carbonyl (C=O) groups excluding carboxylic acids is 2. The number of hydrogen-bond acceptors (Lipinski definition) is 5. The standard InChI is InChI=1S/C23H31N5O2/c1-17-15-18(2)27-21(26-17)10-11-24-22(29)16-20-23(30)25-12-14-28(20)13-6-9-19-7-4-3-5-8-19/h3-5,7-8,15,20H,6,9-14,16H2,1-2H3,(H,24,29)(H,25,30). The van der Waals surface area contributed by atoms with Crippen LogP contribution in [0.2, 0.25) is 0 Å². The van der Waals surface area contributed by atoms with Crippen LogP contribution < -0.4 is 10.6 Å². The molecule has 1 fully saturated rings. The maximum Gasteiger partial charge on any atom is 0.237 e. The lowest BCUT2D eigenvalue weighted by Gasteiger charge is -2.34. The summed E-state index contributed by atoms with van der Waals surface area (Å²) >= 11 is 0. The molecule has 7 heteroatoms. The van der Waals surface area contributed by atoms with Crippen molar-refractivity contribution in [1.82, 2.24) is 25.5 Å². The Labute approximate surface area is 178 Å². The number of rotatable bonds is 9. The Morgan fingerprint density at radius 2 is 1.90 bits per heavy atom. The highest BCUT2D eigenvalue weighted by atomic mass is 16.2. The second-order valence-corrected chi connectivity index (χ2v) is 7.80. The Morgan fingerprint density at radius 1 is 1.17 bits per heavy atom. The van der Waals surface area contributed by atoms with E-state index in [0.29, 0.717) is 19.5 Å². The van der Waals surface area contributed by atoms with Gasteiger partial charge in [-0.25, -0.2) is 9.97 Å². The first-order valence-electron chi connectivity index (χ1n) is 10.6. The van der Waals surface area contributed by atoms with E-state index in [0.717, 1.165) is 43.1 Å². The van der Waals surface area contributed by atoms with Crippen LogP contribution in [0.4, 0.5) is 0 Å². The molecule has 1 aliphatic rings. The van der Waals surface area contributed by atoms with Crippen LogP contribution in [-0.2, 0) is 22.4 Å². The zero-order valence-corrected chi connectivity index (χ0v) is 17.9. The second-order valence-electron chi connectivity index (χ2n) is 7.80. The minimum Gasteiger partial charge on any atom is -0.356 e. The number of aromatic nitrogens is 2. The molecule has 2 aromatic rings. The van der Waals surface area contributed by atoms with E-state index in [1.807, 2.05) is 38.1 Å². The van der Waals surface area contributed by atoms with Crippen molar-refractivity contribution in [3.8, 4) is 0 Å². The molecule has 1 aliphatic heterocycles. The fourth-order valence-electron chi connectivity index (χ4n) is 3.85. The first kappa shape index (κ1) is 21.9. The Morgan fingerprint density at radius 3 is 2.63 bits per heavy atom. The zero-order chi connectivity index (χ0) is 21.3. The van der Waals surface area contributed by atoms with Gasteiger partial charge in [0, 0.05) is 37.4 Å². The van der Waals surface area contributed by atoms with Gasteiger partial charge in [-0.05, 0) is 44.9 Å². The van der Waals surface area contributed by atoms with Gasteiger partial charge in [-0.2, -0.15) is 0 Å². The number of aryl methyl sites for hydroxylation is 3. The van der Waals surface area contributed by atoms with E-state index in [1.54, 1.807) is 0 Å². The van der Waals surface area contributed by atoms with Crippen LogP contribution >= 0.6 is 0 Å². The number of benzene rings is 1. The van der Waals surface area contributed by atoms with Crippen LogP contribution in [0, 0.1) is 13.8 Å². The van der Waals surface area contributed by atoms with Crippen molar-refractivity contribution < 1.29 is 9.59 Å². The van der Waals surface area contributed by atoms with Gasteiger partial charge in [0.15, 0.2) is 0 Å². The van der Waals surface area contributed by atoms with E-state index in [9.17, 15) is 9.59 Å². The van der Waals surface area contributed by atoms with Gasteiger partial charge in [0.1, 0.15) is 5.82 Å². The fraction of sp³-hybridized carbons (Fsp3) is 0.478. The quantitative estimate of drug-likeness (QED) is 0.657. The molecule has 0 aliphatic carbocycles. The van der Waals surface area contributed by atoms with Crippen LogP contribution in [0.5, 0.6) is 0 Å². The normalized spacial score (nSPS) is 16.9. The smallest absolute Gasteiger partial charge is 0.237 e. The molecule has 2 amide bonds. The Balaban J connectivity index is 1.46. The van der Waals surface area contributed by atoms with Crippen LogP contribution in [0.15, 0.2) is 36.4 Å². The molecule has 160 valence electrons. The summed E-state index contributed by atoms with van der Waals surface area (Å²) in [6.45, 7) is 6.54. The monoisotopic (exact) mass is 409 g/mol. The third kappa shape index (κ3) is 6.62. The van der Waals surface area contributed by atoms with Crippen molar-refractivity contribution in [1.29, 1.82) is 0 Å². The highest BCUT2D eigenvalue weighted by molar-refractivity contribution is 5.88. The van der Waals surface area contributed by atoms with Gasteiger partial charge in [-0.3, -0.25) is 14.5 Å². The molecule has 0 spiro atoms. The minimum absolute atomic E-state index is 0.0613. The average Bonchev–Trinajstić information content (AvgIpc) is 2.70. The summed E-state index contributed by atoms with van der Waals surface area (Å²) < 4.78 is 0. The minimum atomic E-state index is -0.410. The molecule has 1 aromatic carbocycles. The summed E-state index contributed by atoms with van der Waals surface area (Å²) in [5.41, 5.74) is 3.14. The number of carbonyl (C=O) groups is 2. The van der Waals surface area contributed by atoms with E-state index in [1.165, 1.54) is 5.56 Å². The Hall–Kier alpha value is -2.80. The van der Waals surface area contributed by atoms with Crippen LogP contribution in [0.3, 0.4) is 0 Å². The van der Waals surface area contributed by atoms with Crippen molar-refractivity contribution in [2.24, 2.45) is 0 Å². The average molecular weight is 410 g/mol. The molecule has 1 aromatic heterocycles. The lowest BCUT2D eigenvalue weighted by molar-refractivity contribution is -0.133. The van der Waals surface area contributed by atoms with E-state index < -0.39 is 6.04 Å². The summed E-state index contributed by atoms with van der Waals surface area (Å²) in [6, 6.07) is 11.8. The highest BCUT2D eigenvalue weighted by Crippen LogP contribution is 2.11. The van der Waals surface area contributed by atoms with E-state index in [2.05, 4.69) is 37.6 Å². The number of nitrogens with one attached hydrogen (secondary N) is 2.